The van der Waals surface area contributed by atoms with Crippen molar-refractivity contribution >= 4 is 0 Å². The Hall–Kier alpha value is -1.72. The lowest BCUT2D eigenvalue weighted by molar-refractivity contribution is 0.0742. The molecule has 0 spiro atoms. The van der Waals surface area contributed by atoms with E-state index in [1.807, 2.05) is 22.9 Å². The maximum absolute atomic E-state index is 5.41. The molecule has 0 unspecified atom stereocenters. The molecule has 1 aromatic carbocycles. The molecular formula is C13H16N4O. The number of hydrogen-bond acceptors (Lipinski definition) is 4. The fraction of sp³-hybridized carbons (Fsp3) is 0.385. The van der Waals surface area contributed by atoms with E-state index < -0.39 is 0 Å². The molecule has 1 aliphatic heterocycles. The molecule has 1 atom stereocenters. The first kappa shape index (κ1) is 11.4. The van der Waals surface area contributed by atoms with Crippen molar-refractivity contribution in [3.05, 3.63) is 48.0 Å². The van der Waals surface area contributed by atoms with E-state index in [1.165, 1.54) is 5.56 Å². The molecule has 3 rings (SSSR count). The molecule has 94 valence electrons. The highest BCUT2D eigenvalue weighted by molar-refractivity contribution is 5.14. The summed E-state index contributed by atoms with van der Waals surface area (Å²) in [5.41, 5.74) is 1.22. The van der Waals surface area contributed by atoms with Gasteiger partial charge in [-0.1, -0.05) is 30.3 Å². The zero-order valence-corrected chi connectivity index (χ0v) is 10.1. The number of benzene rings is 1. The number of ether oxygens (including phenoxy) is 1. The van der Waals surface area contributed by atoms with Crippen LogP contribution in [0.3, 0.4) is 0 Å². The highest BCUT2D eigenvalue weighted by Crippen LogP contribution is 2.11. The molecule has 1 N–H and O–H groups in total. The molecule has 0 radical (unpaired) electrons. The number of rotatable bonds is 3. The Morgan fingerprint density at radius 1 is 1.33 bits per heavy atom. The topological polar surface area (TPSA) is 52.0 Å². The van der Waals surface area contributed by atoms with Crippen LogP contribution in [0.1, 0.15) is 17.4 Å². The van der Waals surface area contributed by atoms with E-state index in [1.54, 1.807) is 6.33 Å². The van der Waals surface area contributed by atoms with Gasteiger partial charge in [0.15, 0.2) is 5.82 Å². The van der Waals surface area contributed by atoms with Crippen LogP contribution in [0.4, 0.5) is 0 Å². The molecule has 1 aromatic heterocycles. The van der Waals surface area contributed by atoms with Gasteiger partial charge in [-0.2, -0.15) is 5.10 Å². The van der Waals surface area contributed by atoms with Crippen LogP contribution in [0, 0.1) is 0 Å². The minimum Gasteiger partial charge on any atom is -0.378 e. The Bertz CT molecular complexity index is 491. The normalized spacial score (nSPS) is 19.9. The van der Waals surface area contributed by atoms with Crippen molar-refractivity contribution in [2.24, 2.45) is 0 Å². The second-order valence-electron chi connectivity index (χ2n) is 4.37. The molecule has 0 bridgehead atoms. The standard InChI is InChI=1S/C13H16N4O/c1-2-4-11(5-3-1)8-17-10-15-13(16-17)12-9-18-7-6-14-12/h1-5,10,12,14H,6-9H2/t12-/m1/s1. The zero-order chi connectivity index (χ0) is 12.2. The van der Waals surface area contributed by atoms with Gasteiger partial charge in [0.2, 0.25) is 0 Å². The first-order valence-electron chi connectivity index (χ1n) is 6.16. The number of nitrogens with one attached hydrogen (secondary N) is 1. The summed E-state index contributed by atoms with van der Waals surface area (Å²) in [5.74, 6) is 0.811. The van der Waals surface area contributed by atoms with E-state index in [-0.39, 0.29) is 6.04 Å². The fourth-order valence-electron chi connectivity index (χ4n) is 2.05. The third kappa shape index (κ3) is 2.57. The van der Waals surface area contributed by atoms with Gasteiger partial charge in [-0.3, -0.25) is 0 Å². The molecule has 0 amide bonds. The molecule has 0 saturated carbocycles. The molecule has 2 aromatic rings. The predicted molar refractivity (Wildman–Crippen MR) is 67.1 cm³/mol. The number of nitrogens with zero attached hydrogens (tertiary/aromatic N) is 3. The van der Waals surface area contributed by atoms with E-state index in [9.17, 15) is 0 Å². The van der Waals surface area contributed by atoms with Crippen LogP contribution in [-0.2, 0) is 11.3 Å². The maximum atomic E-state index is 5.41. The maximum Gasteiger partial charge on any atom is 0.169 e. The van der Waals surface area contributed by atoms with E-state index in [0.29, 0.717) is 6.61 Å². The van der Waals surface area contributed by atoms with Gasteiger partial charge >= 0.3 is 0 Å². The van der Waals surface area contributed by atoms with Crippen molar-refractivity contribution < 1.29 is 4.74 Å². The molecule has 1 fully saturated rings. The average molecular weight is 244 g/mol. The SMILES string of the molecule is c1ccc(Cn2cnc([C@H]3COCCN3)n2)cc1. The van der Waals surface area contributed by atoms with E-state index in [2.05, 4.69) is 27.5 Å². The lowest BCUT2D eigenvalue weighted by atomic mass is 10.2. The third-order valence-electron chi connectivity index (χ3n) is 2.97. The highest BCUT2D eigenvalue weighted by atomic mass is 16.5. The summed E-state index contributed by atoms with van der Waals surface area (Å²) in [6.45, 7) is 3.02. The Morgan fingerprint density at radius 2 is 2.22 bits per heavy atom. The van der Waals surface area contributed by atoms with Gasteiger partial charge in [-0.15, -0.1) is 0 Å². The summed E-state index contributed by atoms with van der Waals surface area (Å²) in [6, 6.07) is 10.4. The van der Waals surface area contributed by atoms with Crippen LogP contribution in [0.5, 0.6) is 0 Å². The number of aromatic nitrogens is 3. The van der Waals surface area contributed by atoms with Gasteiger partial charge in [0, 0.05) is 6.54 Å². The first-order chi connectivity index (χ1) is 8.92. The van der Waals surface area contributed by atoms with Gasteiger partial charge in [0.25, 0.3) is 0 Å². The minimum absolute atomic E-state index is 0.121. The number of hydrogen-bond donors (Lipinski definition) is 1. The van der Waals surface area contributed by atoms with Gasteiger partial charge in [-0.25, -0.2) is 9.67 Å². The van der Waals surface area contributed by atoms with Crippen molar-refractivity contribution in [2.45, 2.75) is 12.6 Å². The van der Waals surface area contributed by atoms with Gasteiger partial charge < -0.3 is 10.1 Å². The van der Waals surface area contributed by atoms with Crippen molar-refractivity contribution in [3.8, 4) is 0 Å². The second kappa shape index (κ2) is 5.29. The Balaban J connectivity index is 1.69. The van der Waals surface area contributed by atoms with E-state index in [4.69, 9.17) is 4.74 Å². The molecule has 1 saturated heterocycles. The van der Waals surface area contributed by atoms with Crippen LogP contribution < -0.4 is 5.32 Å². The largest absolute Gasteiger partial charge is 0.378 e. The van der Waals surface area contributed by atoms with Crippen molar-refractivity contribution in [1.82, 2.24) is 20.1 Å². The summed E-state index contributed by atoms with van der Waals surface area (Å²) in [6.07, 6.45) is 1.78. The van der Waals surface area contributed by atoms with Crippen molar-refractivity contribution in [3.63, 3.8) is 0 Å². The van der Waals surface area contributed by atoms with Crippen LogP contribution in [0.25, 0.3) is 0 Å². The predicted octanol–water partition coefficient (Wildman–Crippen LogP) is 0.987. The van der Waals surface area contributed by atoms with Crippen molar-refractivity contribution in [1.29, 1.82) is 0 Å². The summed E-state index contributed by atoms with van der Waals surface area (Å²) < 4.78 is 7.27. The molecule has 0 aliphatic carbocycles. The highest BCUT2D eigenvalue weighted by Gasteiger charge is 2.18. The Labute approximate surface area is 106 Å². The lowest BCUT2D eigenvalue weighted by Gasteiger charge is -2.20. The first-order valence-corrected chi connectivity index (χ1v) is 6.16. The van der Waals surface area contributed by atoms with Gasteiger partial charge in [0.05, 0.1) is 25.8 Å². The van der Waals surface area contributed by atoms with Crippen LogP contribution in [0.15, 0.2) is 36.7 Å². The molecular weight excluding hydrogens is 228 g/mol. The summed E-state index contributed by atoms with van der Waals surface area (Å²) >= 11 is 0. The van der Waals surface area contributed by atoms with Gasteiger partial charge in [-0.05, 0) is 5.56 Å². The van der Waals surface area contributed by atoms with Crippen LogP contribution >= 0.6 is 0 Å². The molecule has 18 heavy (non-hydrogen) atoms. The lowest BCUT2D eigenvalue weighted by Crippen LogP contribution is -2.35. The third-order valence-corrected chi connectivity index (χ3v) is 2.97. The summed E-state index contributed by atoms with van der Waals surface area (Å²) in [7, 11) is 0. The Kier molecular flexibility index (Phi) is 3.34. The van der Waals surface area contributed by atoms with Crippen LogP contribution in [-0.4, -0.2) is 34.5 Å². The van der Waals surface area contributed by atoms with E-state index in [0.717, 1.165) is 25.5 Å². The number of morpholine rings is 1. The molecule has 5 nitrogen and oxygen atoms in total. The fourth-order valence-corrected chi connectivity index (χ4v) is 2.05. The molecule has 1 aliphatic rings. The second-order valence-corrected chi connectivity index (χ2v) is 4.37. The van der Waals surface area contributed by atoms with E-state index >= 15 is 0 Å². The molecule has 2 heterocycles. The minimum atomic E-state index is 0.121. The monoisotopic (exact) mass is 244 g/mol. The zero-order valence-electron chi connectivity index (χ0n) is 10.1. The summed E-state index contributed by atoms with van der Waals surface area (Å²) in [5, 5.41) is 7.84. The quantitative estimate of drug-likeness (QED) is 0.874. The molecule has 5 heteroatoms. The van der Waals surface area contributed by atoms with Gasteiger partial charge in [0.1, 0.15) is 6.33 Å². The smallest absolute Gasteiger partial charge is 0.169 e. The van der Waals surface area contributed by atoms with Crippen LogP contribution in [0.2, 0.25) is 0 Å². The average Bonchev–Trinajstić information content (AvgIpc) is 2.89. The Morgan fingerprint density at radius 3 is 3.00 bits per heavy atom. The van der Waals surface area contributed by atoms with Crippen molar-refractivity contribution in [2.75, 3.05) is 19.8 Å². The summed E-state index contributed by atoms with van der Waals surface area (Å²) in [4.78, 5) is 4.35.